The standard InChI is InChI=1S/C14H19NO4P.CH4O4S/c1-4-17-20(16,18-5-2)19-13-9-8-12-7-6-10-15(3)14(12)11-13;1-5-6(2,3)4/h6-11H,4-5H2,1-3H3;1H3,(H,2,3,4)/q+1;/p-1. The summed E-state index contributed by atoms with van der Waals surface area (Å²) in [6.45, 7) is 4.02. The predicted molar refractivity (Wildman–Crippen MR) is 93.3 cm³/mol. The number of aryl methyl sites for hydroxylation is 1. The van der Waals surface area contributed by atoms with Crippen LogP contribution in [0.3, 0.4) is 0 Å². The van der Waals surface area contributed by atoms with Crippen molar-refractivity contribution in [1.29, 1.82) is 0 Å². The highest BCUT2D eigenvalue weighted by molar-refractivity contribution is 7.80. The van der Waals surface area contributed by atoms with Gasteiger partial charge < -0.3 is 9.08 Å². The molecule has 0 radical (unpaired) electrons. The van der Waals surface area contributed by atoms with Crippen molar-refractivity contribution in [3.05, 3.63) is 36.5 Å². The zero-order valence-electron chi connectivity index (χ0n) is 14.9. The van der Waals surface area contributed by atoms with Gasteiger partial charge in [-0.2, -0.15) is 0 Å². The molecule has 0 fully saturated rings. The van der Waals surface area contributed by atoms with E-state index in [0.717, 1.165) is 18.0 Å². The largest absolute Gasteiger partial charge is 0.726 e. The molecule has 0 atom stereocenters. The molecule has 1 aromatic carbocycles. The third-order valence-electron chi connectivity index (χ3n) is 2.96. The number of nitrogens with zero attached hydrogens (tertiary/aromatic N) is 1. The van der Waals surface area contributed by atoms with Crippen LogP contribution >= 0.6 is 7.82 Å². The van der Waals surface area contributed by atoms with Gasteiger partial charge in [-0.25, -0.2) is 17.5 Å². The monoisotopic (exact) mass is 407 g/mol. The molecule has 146 valence electrons. The number of aromatic nitrogens is 1. The molecule has 0 aliphatic rings. The molecule has 0 aliphatic carbocycles. The molecular weight excluding hydrogens is 385 g/mol. The molecule has 11 heteroatoms. The first kappa shape index (κ1) is 22.5. The van der Waals surface area contributed by atoms with Gasteiger partial charge >= 0.3 is 7.82 Å². The Morgan fingerprint density at radius 3 is 2.23 bits per heavy atom. The molecule has 0 spiro atoms. The first-order valence-electron chi connectivity index (χ1n) is 7.62. The summed E-state index contributed by atoms with van der Waals surface area (Å²) in [5.41, 5.74) is 0.976. The number of benzene rings is 1. The third-order valence-corrected chi connectivity index (χ3v) is 4.95. The number of rotatable bonds is 7. The Labute approximate surface area is 153 Å². The maximum Gasteiger partial charge on any atom is 0.530 e. The fraction of sp³-hybridized carbons (Fsp3) is 0.400. The summed E-state index contributed by atoms with van der Waals surface area (Å²) in [5.74, 6) is 0.463. The van der Waals surface area contributed by atoms with E-state index in [4.69, 9.17) is 13.6 Å². The number of phosphoric acid groups is 1. The van der Waals surface area contributed by atoms with Crippen molar-refractivity contribution >= 4 is 29.1 Å². The Kier molecular flexibility index (Phi) is 8.61. The van der Waals surface area contributed by atoms with Crippen LogP contribution in [0.15, 0.2) is 36.5 Å². The number of fused-ring (bicyclic) bond motifs is 1. The molecule has 2 rings (SSSR count). The average Bonchev–Trinajstić information content (AvgIpc) is 2.56. The van der Waals surface area contributed by atoms with Gasteiger partial charge in [0.15, 0.2) is 6.20 Å². The maximum absolute atomic E-state index is 12.3. The lowest BCUT2D eigenvalue weighted by molar-refractivity contribution is -0.644. The Morgan fingerprint density at radius 1 is 1.15 bits per heavy atom. The number of pyridine rings is 1. The van der Waals surface area contributed by atoms with Crippen LogP contribution in [0.4, 0.5) is 0 Å². The van der Waals surface area contributed by atoms with Crippen LogP contribution in [0, 0.1) is 0 Å². The smallest absolute Gasteiger partial charge is 0.530 e. The summed E-state index contributed by atoms with van der Waals surface area (Å²) in [7, 11) is -5.21. The van der Waals surface area contributed by atoms with Crippen molar-refractivity contribution < 1.29 is 39.9 Å². The van der Waals surface area contributed by atoms with Crippen LogP contribution < -0.4 is 9.09 Å². The quantitative estimate of drug-likeness (QED) is 0.297. The second kappa shape index (κ2) is 9.96. The highest BCUT2D eigenvalue weighted by Gasteiger charge is 2.27. The van der Waals surface area contributed by atoms with Crippen molar-refractivity contribution in [2.75, 3.05) is 20.3 Å². The topological polar surface area (TPSA) is 115 Å². The highest BCUT2D eigenvalue weighted by Crippen LogP contribution is 2.49. The Bertz CT molecular complexity index is 861. The Morgan fingerprint density at radius 2 is 1.73 bits per heavy atom. The Balaban J connectivity index is 0.000000487. The van der Waals surface area contributed by atoms with Gasteiger partial charge in [-0.15, -0.1) is 0 Å². The van der Waals surface area contributed by atoms with Crippen molar-refractivity contribution in [2.45, 2.75) is 13.8 Å². The van der Waals surface area contributed by atoms with Gasteiger partial charge in [0.2, 0.25) is 15.9 Å². The Hall–Kier alpha value is -1.55. The first-order chi connectivity index (χ1) is 12.1. The van der Waals surface area contributed by atoms with Crippen LogP contribution in [-0.2, 0) is 35.2 Å². The molecule has 2 aromatic rings. The molecule has 26 heavy (non-hydrogen) atoms. The lowest BCUT2D eigenvalue weighted by Crippen LogP contribution is -2.27. The van der Waals surface area contributed by atoms with E-state index in [1.807, 2.05) is 42.1 Å². The molecule has 0 N–H and O–H groups in total. The fourth-order valence-corrected chi connectivity index (χ4v) is 3.10. The highest BCUT2D eigenvalue weighted by atomic mass is 32.3. The molecule has 0 saturated heterocycles. The van der Waals surface area contributed by atoms with Crippen molar-refractivity contribution in [2.24, 2.45) is 7.05 Å². The minimum Gasteiger partial charge on any atom is -0.726 e. The summed E-state index contributed by atoms with van der Waals surface area (Å²) in [6, 6.07) is 9.46. The van der Waals surface area contributed by atoms with E-state index < -0.39 is 18.2 Å². The van der Waals surface area contributed by atoms with E-state index in [0.29, 0.717) is 5.75 Å². The van der Waals surface area contributed by atoms with Crippen molar-refractivity contribution in [3.8, 4) is 5.75 Å². The zero-order chi connectivity index (χ0) is 19.8. The maximum atomic E-state index is 12.3. The van der Waals surface area contributed by atoms with E-state index in [1.54, 1.807) is 19.9 Å². The normalized spacial score (nSPS) is 11.7. The van der Waals surface area contributed by atoms with E-state index >= 15 is 0 Å². The number of hydrogen-bond donors (Lipinski definition) is 0. The van der Waals surface area contributed by atoms with Gasteiger partial charge in [0.05, 0.1) is 26.4 Å². The van der Waals surface area contributed by atoms with Crippen LogP contribution in [0.2, 0.25) is 0 Å². The summed E-state index contributed by atoms with van der Waals surface area (Å²) in [4.78, 5) is 0. The fourth-order valence-electron chi connectivity index (χ4n) is 1.92. The molecular formula is C15H22NO8PS. The van der Waals surface area contributed by atoms with Crippen LogP contribution in [-0.4, -0.2) is 33.3 Å². The van der Waals surface area contributed by atoms with Crippen LogP contribution in [0.25, 0.3) is 10.9 Å². The lowest BCUT2D eigenvalue weighted by atomic mass is 10.2. The van der Waals surface area contributed by atoms with E-state index in [1.165, 1.54) is 0 Å². The molecule has 1 heterocycles. The molecule has 0 bridgehead atoms. The minimum absolute atomic E-state index is 0.263. The number of hydrogen-bond acceptors (Lipinski definition) is 8. The predicted octanol–water partition coefficient (Wildman–Crippen LogP) is 2.32. The summed E-state index contributed by atoms with van der Waals surface area (Å²) in [5, 5.41) is 1.07. The second-order valence-corrected chi connectivity index (χ2v) is 7.53. The molecule has 0 amide bonds. The van der Waals surface area contributed by atoms with Crippen molar-refractivity contribution in [1.82, 2.24) is 0 Å². The van der Waals surface area contributed by atoms with E-state index in [9.17, 15) is 17.5 Å². The van der Waals surface area contributed by atoms with Crippen molar-refractivity contribution in [3.63, 3.8) is 0 Å². The summed E-state index contributed by atoms with van der Waals surface area (Å²) < 4.78 is 61.0. The summed E-state index contributed by atoms with van der Waals surface area (Å²) in [6.07, 6.45) is 1.94. The van der Waals surface area contributed by atoms with Gasteiger partial charge in [0, 0.05) is 11.5 Å². The van der Waals surface area contributed by atoms with Gasteiger partial charge in [0.1, 0.15) is 12.8 Å². The zero-order valence-corrected chi connectivity index (χ0v) is 16.7. The van der Waals surface area contributed by atoms with Crippen LogP contribution in [0.5, 0.6) is 5.75 Å². The van der Waals surface area contributed by atoms with Gasteiger partial charge in [0.25, 0.3) is 0 Å². The van der Waals surface area contributed by atoms with E-state index in [2.05, 4.69) is 4.18 Å². The molecule has 0 unspecified atom stereocenters. The molecule has 1 aromatic heterocycles. The van der Waals surface area contributed by atoms with Gasteiger partial charge in [-0.05, 0) is 32.0 Å². The number of phosphoric ester groups is 1. The third kappa shape index (κ3) is 7.36. The van der Waals surface area contributed by atoms with Crippen LogP contribution in [0.1, 0.15) is 13.8 Å². The van der Waals surface area contributed by atoms with Gasteiger partial charge in [-0.3, -0.25) is 13.2 Å². The van der Waals surface area contributed by atoms with Gasteiger partial charge in [-0.1, -0.05) is 0 Å². The van der Waals surface area contributed by atoms with E-state index in [-0.39, 0.29) is 13.2 Å². The minimum atomic E-state index is -4.41. The lowest BCUT2D eigenvalue weighted by Gasteiger charge is -2.16. The molecule has 9 nitrogen and oxygen atoms in total. The first-order valence-corrected chi connectivity index (χ1v) is 10.4. The summed E-state index contributed by atoms with van der Waals surface area (Å²) >= 11 is 0. The SMILES string of the molecule is CCOP(=O)(OCC)Oc1ccc2ccc[n+](C)c2c1.COS(=O)(=O)[O-]. The molecule has 0 aliphatic heterocycles. The average molecular weight is 407 g/mol. The second-order valence-electron chi connectivity index (χ2n) is 4.79. The molecule has 0 saturated carbocycles.